The van der Waals surface area contributed by atoms with Gasteiger partial charge in [-0.25, -0.2) is 17.9 Å². The Balaban J connectivity index is 1.41. The van der Waals surface area contributed by atoms with Gasteiger partial charge in [0.15, 0.2) is 0 Å². The zero-order valence-corrected chi connectivity index (χ0v) is 32.4. The van der Waals surface area contributed by atoms with Gasteiger partial charge in [-0.1, -0.05) is 54.1 Å². The number of anilines is 1. The van der Waals surface area contributed by atoms with Crippen LogP contribution < -0.4 is 24.8 Å². The first-order chi connectivity index (χ1) is 25.5. The van der Waals surface area contributed by atoms with Crippen LogP contribution in [0.25, 0.3) is 0 Å². The van der Waals surface area contributed by atoms with E-state index in [9.17, 15) is 28.1 Å². The number of carbonyl (C=O) groups excluding carboxylic acids is 2. The fourth-order valence-electron chi connectivity index (χ4n) is 5.33. The van der Waals surface area contributed by atoms with E-state index in [2.05, 4.69) is 10.6 Å². The number of nitro benzene ring substituents is 1. The average molecular weight is 781 g/mol. The number of amides is 2. The van der Waals surface area contributed by atoms with Crippen LogP contribution in [0.2, 0.25) is 5.02 Å². The number of nitrogens with one attached hydrogen (secondary N) is 3. The van der Waals surface area contributed by atoms with Gasteiger partial charge in [0.05, 0.1) is 9.82 Å². The van der Waals surface area contributed by atoms with Gasteiger partial charge in [-0.3, -0.25) is 14.9 Å². The van der Waals surface area contributed by atoms with Crippen molar-refractivity contribution in [2.24, 2.45) is 0 Å². The smallest absolute Gasteiger partial charge is 0.408 e. The number of nitrogens with zero attached hydrogens (tertiary/aromatic N) is 1. The summed E-state index contributed by atoms with van der Waals surface area (Å²) < 4.78 is 45.6. The van der Waals surface area contributed by atoms with Crippen molar-refractivity contribution in [1.82, 2.24) is 10.0 Å². The summed E-state index contributed by atoms with van der Waals surface area (Å²) in [5.74, 6) is 0.122. The van der Waals surface area contributed by atoms with Crippen molar-refractivity contribution in [3.8, 4) is 11.5 Å². The highest BCUT2D eigenvalue weighted by Crippen LogP contribution is 2.28. The Morgan fingerprint density at radius 3 is 2.11 bits per heavy atom. The molecule has 0 saturated carbocycles. The van der Waals surface area contributed by atoms with E-state index in [1.807, 2.05) is 61.0 Å². The van der Waals surface area contributed by atoms with E-state index >= 15 is 0 Å². The lowest BCUT2D eigenvalue weighted by molar-refractivity contribution is -0.384. The van der Waals surface area contributed by atoms with Crippen LogP contribution in [0.3, 0.4) is 0 Å². The summed E-state index contributed by atoms with van der Waals surface area (Å²) in [6.07, 6.45) is 0.366. The molecule has 1 atom stereocenters. The number of aryl methyl sites for hydroxylation is 3. The molecule has 0 fully saturated rings. The molecule has 0 radical (unpaired) electrons. The largest absolute Gasteiger partial charge is 0.490 e. The summed E-state index contributed by atoms with van der Waals surface area (Å²) in [6, 6.07) is 22.0. The maximum atomic E-state index is 13.5. The van der Waals surface area contributed by atoms with Crippen LogP contribution in [0.15, 0.2) is 89.8 Å². The van der Waals surface area contributed by atoms with E-state index in [0.717, 1.165) is 29.2 Å². The molecule has 288 valence electrons. The highest BCUT2D eigenvalue weighted by Gasteiger charge is 2.30. The summed E-state index contributed by atoms with van der Waals surface area (Å²) >= 11 is 6.23. The van der Waals surface area contributed by atoms with Crippen LogP contribution >= 0.6 is 11.6 Å². The molecule has 13 nitrogen and oxygen atoms in total. The van der Waals surface area contributed by atoms with Gasteiger partial charge >= 0.3 is 6.09 Å². The second-order valence-electron chi connectivity index (χ2n) is 13.5. The average Bonchev–Trinajstić information content (AvgIpc) is 3.10. The molecule has 0 heterocycles. The third kappa shape index (κ3) is 12.7. The quantitative estimate of drug-likeness (QED) is 0.0560. The van der Waals surface area contributed by atoms with Crippen molar-refractivity contribution in [3.05, 3.63) is 122 Å². The van der Waals surface area contributed by atoms with Crippen LogP contribution in [0.1, 0.15) is 49.4 Å². The molecule has 0 aromatic heterocycles. The van der Waals surface area contributed by atoms with E-state index in [-0.39, 0.29) is 25.3 Å². The van der Waals surface area contributed by atoms with Gasteiger partial charge in [-0.2, -0.15) is 0 Å². The maximum Gasteiger partial charge on any atom is 0.408 e. The Hall–Kier alpha value is -5.34. The predicted molar refractivity (Wildman–Crippen MR) is 207 cm³/mol. The highest BCUT2D eigenvalue weighted by atomic mass is 35.5. The third-order valence-corrected chi connectivity index (χ3v) is 9.85. The molecule has 4 rings (SSSR count). The molecule has 0 saturated heterocycles. The van der Waals surface area contributed by atoms with Crippen LogP contribution in [0, 0.1) is 24.0 Å². The molecule has 54 heavy (non-hydrogen) atoms. The molecule has 0 spiro atoms. The molecule has 0 unspecified atom stereocenters. The molecule has 0 aliphatic rings. The Labute approximate surface area is 320 Å². The fraction of sp³-hybridized carbons (Fsp3) is 0.333. The first-order valence-electron chi connectivity index (χ1n) is 17.2. The number of alkyl carbamates (subject to hydrolysis) is 1. The lowest BCUT2D eigenvalue weighted by Crippen LogP contribution is -2.50. The van der Waals surface area contributed by atoms with Crippen LogP contribution in [0.4, 0.5) is 16.2 Å². The van der Waals surface area contributed by atoms with E-state index in [0.29, 0.717) is 35.1 Å². The standard InChI is InChI=1S/C39H45ClN4O9S/c1-26-22-31(23-27(2)36(26)40)52-21-20-51-30-15-13-29(14-16-30)24-34(42-38(46)53-39(3,4)5)37(45)43-54(49,50)32-17-18-33(35(25-32)44(47)48)41-19-9-12-28-10-7-6-8-11-28/h6-8,10-11,13-18,22-23,25,34,41H,9,12,19-21,24H2,1-5H3,(H,42,46)(H,43,45)/t34-/m0/s1. The molecule has 0 aliphatic carbocycles. The molecule has 4 aromatic carbocycles. The number of nitro groups is 1. The number of rotatable bonds is 17. The third-order valence-electron chi connectivity index (χ3n) is 7.91. The minimum Gasteiger partial charge on any atom is -0.490 e. The number of carbonyl (C=O) groups is 2. The van der Waals surface area contributed by atoms with Crippen LogP contribution in [-0.4, -0.2) is 56.7 Å². The van der Waals surface area contributed by atoms with E-state index < -0.39 is 49.2 Å². The Morgan fingerprint density at radius 2 is 1.50 bits per heavy atom. The Kier molecular flexibility index (Phi) is 14.3. The Morgan fingerprint density at radius 1 is 0.870 bits per heavy atom. The summed E-state index contributed by atoms with van der Waals surface area (Å²) in [5.41, 5.74) is 2.26. The lowest BCUT2D eigenvalue weighted by Gasteiger charge is -2.23. The van der Waals surface area contributed by atoms with E-state index in [1.54, 1.807) is 45.0 Å². The number of ether oxygens (including phenoxy) is 3. The van der Waals surface area contributed by atoms with Gasteiger partial charge < -0.3 is 24.8 Å². The first kappa shape index (κ1) is 41.4. The van der Waals surface area contributed by atoms with Crippen molar-refractivity contribution >= 4 is 45.0 Å². The van der Waals surface area contributed by atoms with Gasteiger partial charge in [-0.05, 0) is 106 Å². The van der Waals surface area contributed by atoms with Crippen LogP contribution in [0.5, 0.6) is 11.5 Å². The predicted octanol–water partition coefficient (Wildman–Crippen LogP) is 7.31. The molecule has 0 bridgehead atoms. The van der Waals surface area contributed by atoms with Crippen molar-refractivity contribution in [2.75, 3.05) is 25.1 Å². The minimum atomic E-state index is -4.61. The van der Waals surface area contributed by atoms with Crippen molar-refractivity contribution in [2.45, 2.75) is 70.4 Å². The minimum absolute atomic E-state index is 0.120. The summed E-state index contributed by atoms with van der Waals surface area (Å²) in [6.45, 7) is 9.64. The monoisotopic (exact) mass is 780 g/mol. The number of halogens is 1. The normalized spacial score (nSPS) is 12.0. The van der Waals surface area contributed by atoms with Gasteiger partial charge in [0.1, 0.15) is 42.0 Å². The summed E-state index contributed by atoms with van der Waals surface area (Å²) in [7, 11) is -4.61. The van der Waals surface area contributed by atoms with Crippen molar-refractivity contribution in [1.29, 1.82) is 0 Å². The lowest BCUT2D eigenvalue weighted by atomic mass is 10.1. The maximum absolute atomic E-state index is 13.5. The molecule has 4 aromatic rings. The molecular weight excluding hydrogens is 736 g/mol. The molecular formula is C39H45ClN4O9S. The van der Waals surface area contributed by atoms with Gasteiger partial charge in [0.25, 0.3) is 21.6 Å². The Bertz CT molecular complexity index is 2010. The fourth-order valence-corrected chi connectivity index (χ4v) is 6.48. The van der Waals surface area contributed by atoms with Crippen molar-refractivity contribution < 1.29 is 37.1 Å². The van der Waals surface area contributed by atoms with E-state index in [1.165, 1.54) is 12.1 Å². The topological polar surface area (TPSA) is 175 Å². The molecule has 3 N–H and O–H groups in total. The van der Waals surface area contributed by atoms with Gasteiger partial charge in [0.2, 0.25) is 0 Å². The summed E-state index contributed by atoms with van der Waals surface area (Å²) in [4.78, 5) is 36.9. The second kappa shape index (κ2) is 18.6. The van der Waals surface area contributed by atoms with E-state index in [4.69, 9.17) is 25.8 Å². The van der Waals surface area contributed by atoms with Gasteiger partial charge in [0, 0.05) is 24.1 Å². The number of sulfonamides is 1. The molecule has 2 amide bonds. The second-order valence-corrected chi connectivity index (χ2v) is 15.6. The number of hydrogen-bond acceptors (Lipinski definition) is 10. The first-order valence-corrected chi connectivity index (χ1v) is 19.1. The van der Waals surface area contributed by atoms with Crippen LogP contribution in [-0.2, 0) is 32.4 Å². The zero-order valence-electron chi connectivity index (χ0n) is 30.8. The molecule has 0 aliphatic heterocycles. The zero-order chi connectivity index (χ0) is 39.5. The number of benzene rings is 4. The van der Waals surface area contributed by atoms with Gasteiger partial charge in [-0.15, -0.1) is 0 Å². The molecule has 15 heteroatoms. The number of hydrogen-bond donors (Lipinski definition) is 3. The SMILES string of the molecule is Cc1cc(OCCOc2ccc(C[C@H](NC(=O)OC(C)(C)C)C(=O)NS(=O)(=O)c3ccc(NCCCc4ccccc4)c([N+](=O)[O-])c3)cc2)cc(C)c1Cl. The summed E-state index contributed by atoms with van der Waals surface area (Å²) in [5, 5.41) is 18.0. The highest BCUT2D eigenvalue weighted by molar-refractivity contribution is 7.90. The van der Waals surface area contributed by atoms with Crippen molar-refractivity contribution in [3.63, 3.8) is 0 Å².